The minimum Gasteiger partial charge on any atom is -0.301 e. The van der Waals surface area contributed by atoms with Gasteiger partial charge in [0, 0.05) is 10.4 Å². The molecule has 1 aromatic carbocycles. The highest BCUT2D eigenvalue weighted by Gasteiger charge is 2.17. The van der Waals surface area contributed by atoms with Gasteiger partial charge < -0.3 is 4.79 Å². The number of carbonyl (C=O) groups excluding carboxylic acids is 1. The number of carbonyl (C=O) groups is 1. The standard InChI is InChI=1S/C15H10Cl2N2O2S/c1-8-12(9-2-3-10(16)11(17)6-9)13-14(22-8)18-7-19(4-5-20)15(13)21/h2-3,5-7H,4H2,1H3. The summed E-state index contributed by atoms with van der Waals surface area (Å²) in [6.07, 6.45) is 2.07. The average Bonchev–Trinajstić information content (AvgIpc) is 2.82. The molecular weight excluding hydrogens is 343 g/mol. The van der Waals surface area contributed by atoms with Gasteiger partial charge in [0.25, 0.3) is 5.56 Å². The Balaban J connectivity index is 2.35. The zero-order chi connectivity index (χ0) is 15.9. The largest absolute Gasteiger partial charge is 0.301 e. The molecule has 0 fully saturated rings. The van der Waals surface area contributed by atoms with E-state index in [4.69, 9.17) is 23.2 Å². The van der Waals surface area contributed by atoms with Crippen LogP contribution in [0, 0.1) is 6.92 Å². The molecule has 0 N–H and O–H groups in total. The number of aldehydes is 1. The Hall–Kier alpha value is -1.69. The fourth-order valence-electron chi connectivity index (χ4n) is 2.35. The SMILES string of the molecule is Cc1sc2ncn(CC=O)c(=O)c2c1-c1ccc(Cl)c(Cl)c1. The van der Waals surface area contributed by atoms with Gasteiger partial charge in [-0.1, -0.05) is 29.3 Å². The second kappa shape index (κ2) is 5.83. The Bertz CT molecular complexity index is 947. The van der Waals surface area contributed by atoms with Gasteiger partial charge in [-0.2, -0.15) is 0 Å². The summed E-state index contributed by atoms with van der Waals surface area (Å²) in [6, 6.07) is 5.25. The van der Waals surface area contributed by atoms with Crippen molar-refractivity contribution in [1.82, 2.24) is 9.55 Å². The Morgan fingerprint density at radius 2 is 2.09 bits per heavy atom. The first kappa shape index (κ1) is 15.2. The minimum atomic E-state index is -0.234. The fourth-order valence-corrected chi connectivity index (χ4v) is 3.65. The minimum absolute atomic E-state index is 0.0164. The summed E-state index contributed by atoms with van der Waals surface area (Å²) in [6.45, 7) is 1.91. The maximum Gasteiger partial charge on any atom is 0.263 e. The van der Waals surface area contributed by atoms with E-state index in [-0.39, 0.29) is 12.1 Å². The van der Waals surface area contributed by atoms with Crippen molar-refractivity contribution in [2.24, 2.45) is 0 Å². The molecule has 3 aromatic rings. The fraction of sp³-hybridized carbons (Fsp3) is 0.133. The third-order valence-electron chi connectivity index (χ3n) is 3.33. The Kier molecular flexibility index (Phi) is 4.04. The third-order valence-corrected chi connectivity index (χ3v) is 5.09. The van der Waals surface area contributed by atoms with E-state index in [1.807, 2.05) is 13.0 Å². The molecule has 7 heteroatoms. The van der Waals surface area contributed by atoms with Crippen molar-refractivity contribution >= 4 is 51.0 Å². The maximum absolute atomic E-state index is 12.6. The molecule has 0 radical (unpaired) electrons. The van der Waals surface area contributed by atoms with Crippen LogP contribution < -0.4 is 5.56 Å². The van der Waals surface area contributed by atoms with Crippen molar-refractivity contribution in [3.8, 4) is 11.1 Å². The number of rotatable bonds is 3. The number of halogens is 2. The van der Waals surface area contributed by atoms with Crippen molar-refractivity contribution in [1.29, 1.82) is 0 Å². The zero-order valence-electron chi connectivity index (χ0n) is 11.5. The molecule has 0 aliphatic rings. The second-order valence-electron chi connectivity index (χ2n) is 4.71. The van der Waals surface area contributed by atoms with Gasteiger partial charge in [-0.05, 0) is 24.6 Å². The van der Waals surface area contributed by atoms with Crippen LogP contribution in [0.4, 0.5) is 0 Å². The number of benzene rings is 1. The molecular formula is C15H10Cl2N2O2S. The van der Waals surface area contributed by atoms with Crippen molar-refractivity contribution in [2.75, 3.05) is 0 Å². The van der Waals surface area contributed by atoms with Crippen LogP contribution in [0.2, 0.25) is 10.0 Å². The monoisotopic (exact) mass is 352 g/mol. The Morgan fingerprint density at radius 3 is 2.77 bits per heavy atom. The summed E-state index contributed by atoms with van der Waals surface area (Å²) < 4.78 is 1.29. The highest BCUT2D eigenvalue weighted by molar-refractivity contribution is 7.19. The van der Waals surface area contributed by atoms with E-state index in [9.17, 15) is 9.59 Å². The maximum atomic E-state index is 12.6. The first-order chi connectivity index (χ1) is 10.5. The van der Waals surface area contributed by atoms with Crippen molar-refractivity contribution in [3.05, 3.63) is 49.8 Å². The van der Waals surface area contributed by atoms with Crippen molar-refractivity contribution in [3.63, 3.8) is 0 Å². The molecule has 4 nitrogen and oxygen atoms in total. The molecule has 0 saturated carbocycles. The highest BCUT2D eigenvalue weighted by Crippen LogP contribution is 2.37. The predicted molar refractivity (Wildman–Crippen MR) is 90.1 cm³/mol. The summed E-state index contributed by atoms with van der Waals surface area (Å²) in [5, 5.41) is 1.39. The van der Waals surface area contributed by atoms with Crippen LogP contribution in [0.5, 0.6) is 0 Å². The van der Waals surface area contributed by atoms with Gasteiger partial charge in [-0.15, -0.1) is 11.3 Å². The highest BCUT2D eigenvalue weighted by atomic mass is 35.5. The average molecular weight is 353 g/mol. The predicted octanol–water partition coefficient (Wildman–Crippen LogP) is 3.94. The van der Waals surface area contributed by atoms with E-state index in [0.717, 1.165) is 16.0 Å². The van der Waals surface area contributed by atoms with E-state index < -0.39 is 0 Å². The molecule has 0 bridgehead atoms. The number of aromatic nitrogens is 2. The Morgan fingerprint density at radius 1 is 1.32 bits per heavy atom. The second-order valence-corrected chi connectivity index (χ2v) is 6.73. The molecule has 0 aliphatic heterocycles. The summed E-state index contributed by atoms with van der Waals surface area (Å²) in [5.41, 5.74) is 1.36. The van der Waals surface area contributed by atoms with Gasteiger partial charge in [-0.25, -0.2) is 4.98 Å². The van der Waals surface area contributed by atoms with Crippen LogP contribution in [-0.2, 0) is 11.3 Å². The van der Waals surface area contributed by atoms with Crippen LogP contribution in [0.25, 0.3) is 21.3 Å². The summed E-state index contributed by atoms with van der Waals surface area (Å²) in [7, 11) is 0. The van der Waals surface area contributed by atoms with Crippen LogP contribution in [-0.4, -0.2) is 15.8 Å². The molecule has 0 saturated heterocycles. The molecule has 2 aromatic heterocycles. The quantitative estimate of drug-likeness (QED) is 0.670. The number of hydrogen-bond acceptors (Lipinski definition) is 4. The lowest BCUT2D eigenvalue weighted by Crippen LogP contribution is -2.20. The summed E-state index contributed by atoms with van der Waals surface area (Å²) >= 11 is 13.5. The van der Waals surface area contributed by atoms with Gasteiger partial charge in [0.1, 0.15) is 11.1 Å². The molecule has 0 spiro atoms. The molecule has 0 aliphatic carbocycles. The molecule has 0 amide bonds. The molecule has 3 rings (SSSR count). The first-order valence-corrected chi connectivity index (χ1v) is 7.97. The molecule has 0 unspecified atom stereocenters. The van der Waals surface area contributed by atoms with Crippen molar-refractivity contribution in [2.45, 2.75) is 13.5 Å². The molecule has 0 atom stereocenters. The van der Waals surface area contributed by atoms with Gasteiger partial charge in [0.05, 0.1) is 28.3 Å². The number of thiophene rings is 1. The lowest BCUT2D eigenvalue weighted by Gasteiger charge is -2.05. The van der Waals surface area contributed by atoms with Gasteiger partial charge in [-0.3, -0.25) is 9.36 Å². The first-order valence-electron chi connectivity index (χ1n) is 6.40. The third kappa shape index (κ3) is 2.45. The summed E-state index contributed by atoms with van der Waals surface area (Å²) in [5.74, 6) is 0. The Labute approximate surface area is 139 Å². The smallest absolute Gasteiger partial charge is 0.263 e. The van der Waals surface area contributed by atoms with E-state index in [2.05, 4.69) is 4.98 Å². The van der Waals surface area contributed by atoms with Crippen LogP contribution in [0.15, 0.2) is 29.3 Å². The lowest BCUT2D eigenvalue weighted by molar-refractivity contribution is -0.108. The van der Waals surface area contributed by atoms with Gasteiger partial charge in [0.15, 0.2) is 0 Å². The van der Waals surface area contributed by atoms with Crippen LogP contribution >= 0.6 is 34.5 Å². The van der Waals surface area contributed by atoms with Crippen LogP contribution in [0.1, 0.15) is 4.88 Å². The number of fused-ring (bicyclic) bond motifs is 1. The van der Waals surface area contributed by atoms with Gasteiger partial charge in [0.2, 0.25) is 0 Å². The van der Waals surface area contributed by atoms with E-state index in [1.165, 1.54) is 22.2 Å². The number of aryl methyl sites for hydroxylation is 1. The summed E-state index contributed by atoms with van der Waals surface area (Å²) in [4.78, 5) is 29.2. The van der Waals surface area contributed by atoms with E-state index in [1.54, 1.807) is 12.1 Å². The molecule has 112 valence electrons. The number of hydrogen-bond donors (Lipinski definition) is 0. The van der Waals surface area contributed by atoms with Crippen LogP contribution in [0.3, 0.4) is 0 Å². The van der Waals surface area contributed by atoms with Gasteiger partial charge >= 0.3 is 0 Å². The van der Waals surface area contributed by atoms with E-state index >= 15 is 0 Å². The normalized spacial score (nSPS) is 11.0. The van der Waals surface area contributed by atoms with Crippen molar-refractivity contribution < 1.29 is 4.79 Å². The topological polar surface area (TPSA) is 52.0 Å². The number of nitrogens with zero attached hydrogens (tertiary/aromatic N) is 2. The molecule has 2 heterocycles. The lowest BCUT2D eigenvalue weighted by atomic mass is 10.0. The van der Waals surface area contributed by atoms with E-state index in [0.29, 0.717) is 26.5 Å². The zero-order valence-corrected chi connectivity index (χ0v) is 13.8. The molecule has 22 heavy (non-hydrogen) atoms.